The van der Waals surface area contributed by atoms with Gasteiger partial charge in [0.25, 0.3) is 0 Å². The lowest BCUT2D eigenvalue weighted by Crippen LogP contribution is -2.39. The predicted octanol–water partition coefficient (Wildman–Crippen LogP) is 2.39. The first-order valence-electron chi connectivity index (χ1n) is 7.87. The van der Waals surface area contributed by atoms with Gasteiger partial charge in [-0.15, -0.1) is 0 Å². The molecule has 1 N–H and O–H groups in total. The number of benzene rings is 2. The molecule has 1 aliphatic heterocycles. The second kappa shape index (κ2) is 6.05. The summed E-state index contributed by atoms with van der Waals surface area (Å²) in [6, 6.07) is 13.4. The molecule has 0 saturated heterocycles. The van der Waals surface area contributed by atoms with E-state index in [-0.39, 0.29) is 6.10 Å². The number of oxazole rings is 1. The number of aromatic nitrogens is 1. The summed E-state index contributed by atoms with van der Waals surface area (Å²) in [5.74, 6) is 1.14. The van der Waals surface area contributed by atoms with Crippen molar-refractivity contribution in [2.24, 2.45) is 0 Å². The summed E-state index contributed by atoms with van der Waals surface area (Å²) in [5.41, 5.74) is 2.29. The van der Waals surface area contributed by atoms with Crippen molar-refractivity contribution < 1.29 is 13.9 Å². The number of nitrogens with one attached hydrogen (secondary N) is 1. The SMILES string of the molecule is CN(Cc1cccc2[nH]c(=O)oc12)CC1COc2ccccc2O1. The van der Waals surface area contributed by atoms with Crippen molar-refractivity contribution in [1.29, 1.82) is 0 Å². The van der Waals surface area contributed by atoms with E-state index in [0.29, 0.717) is 25.3 Å². The highest BCUT2D eigenvalue weighted by Crippen LogP contribution is 2.31. The van der Waals surface area contributed by atoms with E-state index in [0.717, 1.165) is 22.6 Å². The Morgan fingerprint density at radius 2 is 2.00 bits per heavy atom. The maximum Gasteiger partial charge on any atom is 0.417 e. The summed E-state index contributed by atoms with van der Waals surface area (Å²) in [5, 5.41) is 0. The standard InChI is InChI=1S/C18H18N2O4/c1-20(9-12-5-4-6-14-17(12)24-18(21)19-14)10-13-11-22-15-7-2-3-8-16(15)23-13/h2-8,13H,9-11H2,1H3,(H,19,21). The van der Waals surface area contributed by atoms with Crippen LogP contribution in [0.3, 0.4) is 0 Å². The molecule has 2 heterocycles. The summed E-state index contributed by atoms with van der Waals surface area (Å²) in [7, 11) is 2.01. The molecule has 1 atom stereocenters. The van der Waals surface area contributed by atoms with Crippen molar-refractivity contribution in [2.45, 2.75) is 12.6 Å². The van der Waals surface area contributed by atoms with Crippen molar-refractivity contribution in [3.05, 3.63) is 58.6 Å². The van der Waals surface area contributed by atoms with E-state index in [1.54, 1.807) is 0 Å². The van der Waals surface area contributed by atoms with E-state index in [1.807, 2.05) is 49.5 Å². The lowest BCUT2D eigenvalue weighted by molar-refractivity contribution is 0.0638. The third kappa shape index (κ3) is 2.88. The Labute approximate surface area is 138 Å². The van der Waals surface area contributed by atoms with Crippen LogP contribution in [0.4, 0.5) is 0 Å². The fourth-order valence-corrected chi connectivity index (χ4v) is 3.01. The van der Waals surface area contributed by atoms with Crippen LogP contribution in [0.1, 0.15) is 5.56 Å². The lowest BCUT2D eigenvalue weighted by Gasteiger charge is -2.29. The highest BCUT2D eigenvalue weighted by atomic mass is 16.6. The quantitative estimate of drug-likeness (QED) is 0.797. The van der Waals surface area contributed by atoms with Gasteiger partial charge in [-0.3, -0.25) is 9.88 Å². The first-order valence-corrected chi connectivity index (χ1v) is 7.87. The smallest absolute Gasteiger partial charge is 0.417 e. The van der Waals surface area contributed by atoms with Crippen LogP contribution >= 0.6 is 0 Å². The summed E-state index contributed by atoms with van der Waals surface area (Å²) in [6.45, 7) is 1.88. The lowest BCUT2D eigenvalue weighted by atomic mass is 10.2. The van der Waals surface area contributed by atoms with Crippen LogP contribution in [0.15, 0.2) is 51.7 Å². The summed E-state index contributed by atoms with van der Waals surface area (Å²) in [6.07, 6.45) is -0.0395. The zero-order chi connectivity index (χ0) is 16.5. The minimum absolute atomic E-state index is 0.0395. The van der Waals surface area contributed by atoms with Gasteiger partial charge >= 0.3 is 5.76 Å². The largest absolute Gasteiger partial charge is 0.486 e. The van der Waals surface area contributed by atoms with Gasteiger partial charge in [-0.2, -0.15) is 0 Å². The minimum atomic E-state index is -0.430. The molecule has 124 valence electrons. The van der Waals surface area contributed by atoms with Gasteiger partial charge in [0.1, 0.15) is 12.7 Å². The summed E-state index contributed by atoms with van der Waals surface area (Å²) in [4.78, 5) is 16.2. The van der Waals surface area contributed by atoms with Crippen molar-refractivity contribution in [3.8, 4) is 11.5 Å². The van der Waals surface area contributed by atoms with Crippen molar-refractivity contribution in [1.82, 2.24) is 9.88 Å². The highest BCUT2D eigenvalue weighted by molar-refractivity contribution is 5.75. The van der Waals surface area contributed by atoms with Gasteiger partial charge in [0, 0.05) is 18.7 Å². The minimum Gasteiger partial charge on any atom is -0.486 e. The van der Waals surface area contributed by atoms with Crippen LogP contribution < -0.4 is 15.2 Å². The van der Waals surface area contributed by atoms with Crippen LogP contribution in [0, 0.1) is 0 Å². The average molecular weight is 326 g/mol. The molecule has 0 spiro atoms. The number of hydrogen-bond acceptors (Lipinski definition) is 5. The van der Waals surface area contributed by atoms with Gasteiger partial charge in [0.15, 0.2) is 17.1 Å². The Morgan fingerprint density at radius 3 is 2.88 bits per heavy atom. The molecule has 6 nitrogen and oxygen atoms in total. The molecule has 0 fully saturated rings. The van der Waals surface area contributed by atoms with Gasteiger partial charge in [-0.25, -0.2) is 4.79 Å². The molecule has 0 saturated carbocycles. The number of likely N-dealkylation sites (N-methyl/N-ethyl adjacent to an activating group) is 1. The van der Waals surface area contributed by atoms with E-state index in [1.165, 1.54) is 0 Å². The Hall–Kier alpha value is -2.73. The molecule has 1 unspecified atom stereocenters. The van der Waals surface area contributed by atoms with Crippen LogP contribution in [-0.4, -0.2) is 36.2 Å². The van der Waals surface area contributed by atoms with Gasteiger partial charge in [0.05, 0.1) is 5.52 Å². The van der Waals surface area contributed by atoms with Crippen LogP contribution in [0.25, 0.3) is 11.1 Å². The third-order valence-corrected chi connectivity index (χ3v) is 4.05. The molecule has 1 aliphatic rings. The number of ether oxygens (including phenoxy) is 2. The predicted molar refractivity (Wildman–Crippen MR) is 89.5 cm³/mol. The van der Waals surface area contributed by atoms with Gasteiger partial charge < -0.3 is 13.9 Å². The van der Waals surface area contributed by atoms with Crippen LogP contribution in [-0.2, 0) is 6.54 Å². The van der Waals surface area contributed by atoms with E-state index >= 15 is 0 Å². The highest BCUT2D eigenvalue weighted by Gasteiger charge is 2.22. The number of hydrogen-bond donors (Lipinski definition) is 1. The van der Waals surface area contributed by atoms with Crippen molar-refractivity contribution >= 4 is 11.1 Å². The van der Waals surface area contributed by atoms with Crippen LogP contribution in [0.2, 0.25) is 0 Å². The first kappa shape index (κ1) is 14.8. The molecule has 6 heteroatoms. The molecule has 2 aromatic carbocycles. The zero-order valence-corrected chi connectivity index (χ0v) is 13.3. The van der Waals surface area contributed by atoms with Gasteiger partial charge in [-0.05, 0) is 25.2 Å². The maximum absolute atomic E-state index is 11.4. The summed E-state index contributed by atoms with van der Waals surface area (Å²) >= 11 is 0. The van der Waals surface area contributed by atoms with E-state index in [4.69, 9.17) is 13.9 Å². The number of rotatable bonds is 4. The molecule has 0 amide bonds. The second-order valence-electron chi connectivity index (χ2n) is 6.00. The number of H-pyrrole nitrogens is 1. The third-order valence-electron chi connectivity index (χ3n) is 4.05. The number of fused-ring (bicyclic) bond motifs is 2. The molecule has 0 radical (unpaired) electrons. The average Bonchev–Trinajstić information content (AvgIpc) is 2.96. The molecule has 24 heavy (non-hydrogen) atoms. The Morgan fingerprint density at radius 1 is 1.17 bits per heavy atom. The van der Waals surface area contributed by atoms with Crippen LogP contribution in [0.5, 0.6) is 11.5 Å². The molecular formula is C18H18N2O4. The maximum atomic E-state index is 11.4. The molecule has 0 bridgehead atoms. The van der Waals surface area contributed by atoms with E-state index in [9.17, 15) is 4.79 Å². The topological polar surface area (TPSA) is 67.7 Å². The molecule has 3 aromatic rings. The van der Waals surface area contributed by atoms with E-state index < -0.39 is 5.76 Å². The van der Waals surface area contributed by atoms with Crippen molar-refractivity contribution in [2.75, 3.05) is 20.2 Å². The summed E-state index contributed by atoms with van der Waals surface area (Å²) < 4.78 is 17.0. The molecule has 1 aromatic heterocycles. The monoisotopic (exact) mass is 326 g/mol. The zero-order valence-electron chi connectivity index (χ0n) is 13.3. The second-order valence-corrected chi connectivity index (χ2v) is 6.00. The fourth-order valence-electron chi connectivity index (χ4n) is 3.01. The number of nitrogens with zero attached hydrogens (tertiary/aromatic N) is 1. The van der Waals surface area contributed by atoms with Crippen molar-refractivity contribution in [3.63, 3.8) is 0 Å². The first-order chi connectivity index (χ1) is 11.7. The van der Waals surface area contributed by atoms with Gasteiger partial charge in [-0.1, -0.05) is 24.3 Å². The molecule has 0 aliphatic carbocycles. The molecule has 4 rings (SSSR count). The van der Waals surface area contributed by atoms with Gasteiger partial charge in [0.2, 0.25) is 0 Å². The fraction of sp³-hybridized carbons (Fsp3) is 0.278. The Bertz CT molecular complexity index is 915. The van der Waals surface area contributed by atoms with E-state index in [2.05, 4.69) is 9.88 Å². The normalized spacial score (nSPS) is 16.7. The Balaban J connectivity index is 1.45. The number of aromatic amines is 1. The number of para-hydroxylation sites is 3. The molecular weight excluding hydrogens is 308 g/mol. The Kier molecular flexibility index (Phi) is 3.74.